The summed E-state index contributed by atoms with van der Waals surface area (Å²) in [6, 6.07) is 0. The maximum atomic E-state index is 12.8. The Morgan fingerprint density at radius 1 is 1.09 bits per heavy atom. The van der Waals surface area contributed by atoms with Gasteiger partial charge in [-0.3, -0.25) is 19.7 Å². The molecule has 188 valence electrons. The first-order valence-electron chi connectivity index (χ1n) is 11.9. The van der Waals surface area contributed by atoms with Crippen LogP contribution in [0.1, 0.15) is 66.2 Å². The van der Waals surface area contributed by atoms with Crippen molar-refractivity contribution in [2.75, 3.05) is 33.5 Å². The Kier molecular flexibility index (Phi) is 10.0. The molecule has 2 aliphatic rings. The fourth-order valence-electron chi connectivity index (χ4n) is 3.69. The van der Waals surface area contributed by atoms with E-state index in [0.717, 1.165) is 32.1 Å². The van der Waals surface area contributed by atoms with Gasteiger partial charge in [0.1, 0.15) is 11.2 Å². The van der Waals surface area contributed by atoms with Crippen molar-refractivity contribution in [3.63, 3.8) is 0 Å². The average Bonchev–Trinajstić information content (AvgIpc) is 2.78. The van der Waals surface area contributed by atoms with E-state index in [-0.39, 0.29) is 18.1 Å². The third kappa shape index (κ3) is 8.17. The predicted molar refractivity (Wildman–Crippen MR) is 122 cm³/mol. The van der Waals surface area contributed by atoms with Gasteiger partial charge >= 0.3 is 0 Å². The van der Waals surface area contributed by atoms with Gasteiger partial charge in [-0.15, -0.1) is 0 Å². The lowest BCUT2D eigenvalue weighted by Gasteiger charge is -2.35. The highest BCUT2D eigenvalue weighted by atomic mass is 16.7. The number of hydrogen-bond donors (Lipinski definition) is 2. The Morgan fingerprint density at radius 2 is 1.76 bits per heavy atom. The summed E-state index contributed by atoms with van der Waals surface area (Å²) >= 11 is 0. The van der Waals surface area contributed by atoms with Crippen LogP contribution in [0.2, 0.25) is 0 Å². The first kappa shape index (κ1) is 27.4. The summed E-state index contributed by atoms with van der Waals surface area (Å²) in [5, 5.41) is 2.39. The summed E-state index contributed by atoms with van der Waals surface area (Å²) in [6.07, 6.45) is 6.13. The number of carbonyl (C=O) groups is 3. The van der Waals surface area contributed by atoms with Crippen LogP contribution >= 0.6 is 0 Å². The highest BCUT2D eigenvalue weighted by Crippen LogP contribution is 2.25. The molecule has 2 aliphatic heterocycles. The first-order valence-corrected chi connectivity index (χ1v) is 11.9. The van der Waals surface area contributed by atoms with Crippen molar-refractivity contribution in [2.45, 2.75) is 78.0 Å². The molecule has 3 amide bonds. The van der Waals surface area contributed by atoms with Crippen LogP contribution in [0.25, 0.3) is 0 Å². The highest BCUT2D eigenvalue weighted by Gasteiger charge is 2.37. The zero-order valence-corrected chi connectivity index (χ0v) is 20.9. The van der Waals surface area contributed by atoms with E-state index >= 15 is 0 Å². The van der Waals surface area contributed by atoms with Gasteiger partial charge in [-0.2, -0.15) is 0 Å². The first-order chi connectivity index (χ1) is 15.4. The Balaban J connectivity index is 1.89. The molecule has 0 aliphatic carbocycles. The van der Waals surface area contributed by atoms with Crippen LogP contribution in [0.4, 0.5) is 0 Å². The monoisotopic (exact) mass is 468 g/mol. The maximum Gasteiger partial charge on any atom is 0.256 e. The van der Waals surface area contributed by atoms with Gasteiger partial charge in [-0.05, 0) is 65.7 Å². The Morgan fingerprint density at radius 3 is 2.36 bits per heavy atom. The summed E-state index contributed by atoms with van der Waals surface area (Å²) in [7, 11) is 1.60. The summed E-state index contributed by atoms with van der Waals surface area (Å²) in [5.41, 5.74) is 2.87. The molecule has 0 aromatic heterocycles. The molecule has 2 rings (SSSR count). The van der Waals surface area contributed by atoms with E-state index in [1.54, 1.807) is 20.9 Å². The number of rotatable bonds is 9. The van der Waals surface area contributed by atoms with Crippen molar-refractivity contribution in [3.05, 3.63) is 11.8 Å². The Hall–Kier alpha value is -1.81. The third-order valence-electron chi connectivity index (χ3n) is 6.75. The molecule has 0 aromatic rings. The number of likely N-dealkylation sites (N-methyl/N-ethyl adjacent to an activating group) is 1. The Bertz CT molecular complexity index is 722. The van der Waals surface area contributed by atoms with Crippen LogP contribution in [-0.2, 0) is 28.6 Å². The third-order valence-corrected chi connectivity index (χ3v) is 6.75. The van der Waals surface area contributed by atoms with E-state index in [2.05, 4.69) is 11.1 Å². The highest BCUT2D eigenvalue weighted by molar-refractivity contribution is 6.05. The Labute approximate surface area is 197 Å². The molecule has 2 heterocycles. The van der Waals surface area contributed by atoms with Crippen LogP contribution < -0.4 is 11.1 Å². The van der Waals surface area contributed by atoms with Crippen molar-refractivity contribution in [3.8, 4) is 0 Å². The quantitative estimate of drug-likeness (QED) is 0.493. The summed E-state index contributed by atoms with van der Waals surface area (Å²) in [5.74, 6) is -0.963. The van der Waals surface area contributed by atoms with Crippen LogP contribution in [0, 0.1) is 11.3 Å². The molecular weight excluding hydrogens is 426 g/mol. The molecule has 2 fully saturated rings. The minimum absolute atomic E-state index is 0.119. The minimum Gasteiger partial charge on any atom is -0.381 e. The molecule has 0 aromatic carbocycles. The summed E-state index contributed by atoms with van der Waals surface area (Å²) in [6.45, 7) is 9.49. The lowest BCUT2D eigenvalue weighted by molar-refractivity contribution is -0.329. The minimum atomic E-state index is -1.18. The second-order valence-corrected chi connectivity index (χ2v) is 10.3. The lowest BCUT2D eigenvalue weighted by Crippen LogP contribution is -2.58. The van der Waals surface area contributed by atoms with Gasteiger partial charge < -0.3 is 24.8 Å². The fraction of sp³-hybridized carbons (Fsp3) is 0.792. The van der Waals surface area contributed by atoms with E-state index in [1.807, 2.05) is 13.8 Å². The van der Waals surface area contributed by atoms with Crippen LogP contribution in [0.3, 0.4) is 0 Å². The molecule has 9 nitrogen and oxygen atoms in total. The van der Waals surface area contributed by atoms with E-state index in [0.29, 0.717) is 38.5 Å². The number of hydrogen-bond acceptors (Lipinski definition) is 6. The zero-order valence-electron chi connectivity index (χ0n) is 20.9. The average molecular weight is 469 g/mol. The molecule has 1 unspecified atom stereocenters. The van der Waals surface area contributed by atoms with E-state index in [9.17, 15) is 14.4 Å². The molecule has 4 N–H and O–H groups in total. The van der Waals surface area contributed by atoms with E-state index < -0.39 is 22.8 Å². The van der Waals surface area contributed by atoms with Crippen LogP contribution in [0.5, 0.6) is 0 Å². The van der Waals surface area contributed by atoms with Crippen LogP contribution in [-0.4, -0.2) is 67.9 Å². The van der Waals surface area contributed by atoms with Gasteiger partial charge in [0.2, 0.25) is 5.91 Å². The van der Waals surface area contributed by atoms with Gasteiger partial charge in [-0.25, -0.2) is 0 Å². The van der Waals surface area contributed by atoms with Gasteiger partial charge in [0, 0.05) is 33.3 Å². The van der Waals surface area contributed by atoms with Crippen molar-refractivity contribution in [1.82, 2.24) is 10.2 Å². The standard InChI is InChI=1S/C24H41N3O6/c1-23(2,16-33-21-8-6-7-11-32-21)18(25)15-19(28)26-22(30)24(3,4)27(5)20(29)14-17-9-12-31-13-10-17/h15,17,21H,6-14,16,25H2,1-5H3,(H,26,28,30)/p+1. The van der Waals surface area contributed by atoms with Gasteiger partial charge in [0.15, 0.2) is 6.29 Å². The summed E-state index contributed by atoms with van der Waals surface area (Å²) in [4.78, 5) is 39.5. The predicted octanol–water partition coefficient (Wildman–Crippen LogP) is 1.38. The molecule has 33 heavy (non-hydrogen) atoms. The molecule has 1 atom stereocenters. The van der Waals surface area contributed by atoms with Gasteiger partial charge in [-0.1, -0.05) is 0 Å². The van der Waals surface area contributed by atoms with Gasteiger partial charge in [0.05, 0.1) is 18.1 Å². The number of imide groups is 1. The maximum absolute atomic E-state index is 12.8. The number of carbonyl (C=O) groups excluding carboxylic acids is 3. The molecule has 0 radical (unpaired) electrons. The van der Waals surface area contributed by atoms with E-state index in [4.69, 9.17) is 14.2 Å². The molecule has 9 heteroatoms. The second-order valence-electron chi connectivity index (χ2n) is 10.3. The van der Waals surface area contributed by atoms with Crippen LogP contribution in [0.15, 0.2) is 11.8 Å². The number of amides is 3. The fourth-order valence-corrected chi connectivity index (χ4v) is 3.69. The summed E-state index contributed by atoms with van der Waals surface area (Å²) < 4.78 is 16.8. The number of quaternary nitrogens is 1. The number of ether oxygens (including phenoxy) is 3. The SMILES string of the molecule is CN(C(=O)CC1CCOCC1)C(C)(C)C(=O)NC(=O)C=C([NH3+])C(C)(C)COC1CCCCO1. The topological polar surface area (TPSA) is 122 Å². The van der Waals surface area contributed by atoms with Crippen molar-refractivity contribution in [2.24, 2.45) is 11.3 Å². The normalized spacial score (nSPS) is 20.9. The zero-order chi connectivity index (χ0) is 24.6. The van der Waals surface area contributed by atoms with Crippen molar-refractivity contribution >= 4 is 17.7 Å². The molecule has 0 bridgehead atoms. The number of nitrogens with zero attached hydrogens (tertiary/aromatic N) is 1. The van der Waals surface area contributed by atoms with Crippen molar-refractivity contribution < 1.29 is 34.3 Å². The molecule has 0 saturated carbocycles. The van der Waals surface area contributed by atoms with Crippen molar-refractivity contribution in [1.29, 1.82) is 0 Å². The molecule has 2 saturated heterocycles. The smallest absolute Gasteiger partial charge is 0.256 e. The second kappa shape index (κ2) is 12.1. The van der Waals surface area contributed by atoms with E-state index in [1.165, 1.54) is 11.0 Å². The molecular formula is C24H42N3O6+. The van der Waals surface area contributed by atoms with Gasteiger partial charge in [0.25, 0.3) is 11.8 Å². The molecule has 0 spiro atoms. The lowest BCUT2D eigenvalue weighted by atomic mass is 9.90. The number of nitrogens with one attached hydrogen (secondary N) is 1. The largest absolute Gasteiger partial charge is 0.381 e.